The molecule has 30 heavy (non-hydrogen) atoms. The van der Waals surface area contributed by atoms with Crippen LogP contribution in [0.2, 0.25) is 0 Å². The fraction of sp³-hybridized carbons (Fsp3) is 0.538. The highest BCUT2D eigenvalue weighted by Crippen LogP contribution is 2.12. The minimum Gasteiger partial charge on any atom is -0.478 e. The van der Waals surface area contributed by atoms with Gasteiger partial charge in [-0.15, -0.1) is 0 Å². The summed E-state index contributed by atoms with van der Waals surface area (Å²) in [5.41, 5.74) is 1.66. The average Bonchev–Trinajstić information content (AvgIpc) is 2.74. The molecule has 4 heteroatoms. The van der Waals surface area contributed by atoms with Crippen molar-refractivity contribution >= 4 is 24.1 Å². The van der Waals surface area contributed by atoms with Crippen LogP contribution in [0, 0.1) is 0 Å². The summed E-state index contributed by atoms with van der Waals surface area (Å²) >= 11 is 0. The van der Waals surface area contributed by atoms with E-state index in [2.05, 4.69) is 6.92 Å². The predicted octanol–water partition coefficient (Wildman–Crippen LogP) is 7.04. The number of unbranched alkanes of at least 4 members (excludes halogenated alkanes) is 11. The Balaban J connectivity index is 2.02. The fourth-order valence-corrected chi connectivity index (χ4v) is 3.21. The first kappa shape index (κ1) is 25.7. The second-order valence-electron chi connectivity index (χ2n) is 7.73. The number of carbonyl (C=O) groups excluding carboxylic acids is 1. The van der Waals surface area contributed by atoms with E-state index in [9.17, 15) is 9.59 Å². The summed E-state index contributed by atoms with van der Waals surface area (Å²) in [5, 5.41) is 8.62. The van der Waals surface area contributed by atoms with E-state index in [4.69, 9.17) is 9.84 Å². The van der Waals surface area contributed by atoms with Gasteiger partial charge in [0.2, 0.25) is 0 Å². The van der Waals surface area contributed by atoms with Crippen molar-refractivity contribution in [2.24, 2.45) is 0 Å². The van der Waals surface area contributed by atoms with Gasteiger partial charge >= 0.3 is 11.9 Å². The first-order valence-corrected chi connectivity index (χ1v) is 11.5. The van der Waals surface area contributed by atoms with Crippen molar-refractivity contribution in [3.63, 3.8) is 0 Å². The Morgan fingerprint density at radius 1 is 0.733 bits per heavy atom. The first-order chi connectivity index (χ1) is 14.6. The maximum atomic E-state index is 11.8. The van der Waals surface area contributed by atoms with E-state index in [-0.39, 0.29) is 5.97 Å². The van der Waals surface area contributed by atoms with Crippen molar-refractivity contribution in [1.29, 1.82) is 0 Å². The van der Waals surface area contributed by atoms with E-state index in [1.165, 1.54) is 76.4 Å². The zero-order chi connectivity index (χ0) is 21.9. The van der Waals surface area contributed by atoms with Crippen LogP contribution in [0.25, 0.3) is 12.2 Å². The van der Waals surface area contributed by atoms with Gasteiger partial charge in [-0.25, -0.2) is 9.59 Å². The van der Waals surface area contributed by atoms with Crippen molar-refractivity contribution in [2.75, 3.05) is 6.61 Å². The second-order valence-corrected chi connectivity index (χ2v) is 7.73. The molecule has 0 aliphatic heterocycles. The van der Waals surface area contributed by atoms with E-state index in [0.29, 0.717) is 6.61 Å². The maximum absolute atomic E-state index is 11.8. The number of hydrogen-bond acceptors (Lipinski definition) is 3. The van der Waals surface area contributed by atoms with Gasteiger partial charge in [0.25, 0.3) is 0 Å². The number of carboxylic acid groups (broad SMARTS) is 1. The molecular weight excluding hydrogens is 376 g/mol. The number of rotatable bonds is 17. The molecule has 1 rings (SSSR count). The van der Waals surface area contributed by atoms with Gasteiger partial charge in [-0.1, -0.05) is 102 Å². The summed E-state index contributed by atoms with van der Waals surface area (Å²) in [6, 6.07) is 7.26. The largest absolute Gasteiger partial charge is 0.478 e. The van der Waals surface area contributed by atoms with Crippen LogP contribution in [-0.2, 0) is 14.3 Å². The SMILES string of the molecule is CCCCCCCCCCCCCCOC(=O)C=Cc1ccc(C=CC(=O)O)cc1. The first-order valence-electron chi connectivity index (χ1n) is 11.5. The molecule has 1 N–H and O–H groups in total. The van der Waals surface area contributed by atoms with Crippen LogP contribution in [0.3, 0.4) is 0 Å². The lowest BCUT2D eigenvalue weighted by molar-refractivity contribution is -0.137. The average molecular weight is 415 g/mol. The lowest BCUT2D eigenvalue weighted by Gasteiger charge is -2.03. The smallest absolute Gasteiger partial charge is 0.330 e. The highest BCUT2D eigenvalue weighted by atomic mass is 16.5. The van der Waals surface area contributed by atoms with Crippen LogP contribution < -0.4 is 0 Å². The normalized spacial score (nSPS) is 11.4. The van der Waals surface area contributed by atoms with Crippen LogP contribution in [-0.4, -0.2) is 23.7 Å². The van der Waals surface area contributed by atoms with Crippen molar-refractivity contribution in [3.05, 3.63) is 47.5 Å². The molecule has 1 aromatic carbocycles. The fourth-order valence-electron chi connectivity index (χ4n) is 3.21. The number of benzene rings is 1. The second kappa shape index (κ2) is 17.5. The molecule has 4 nitrogen and oxygen atoms in total. The third-order valence-corrected chi connectivity index (χ3v) is 5.01. The highest BCUT2D eigenvalue weighted by Gasteiger charge is 1.98. The molecule has 1 aromatic rings. The molecule has 0 bridgehead atoms. The molecule has 0 unspecified atom stereocenters. The van der Waals surface area contributed by atoms with Gasteiger partial charge in [-0.2, -0.15) is 0 Å². The van der Waals surface area contributed by atoms with E-state index in [0.717, 1.165) is 30.0 Å². The molecule has 166 valence electrons. The van der Waals surface area contributed by atoms with Gasteiger partial charge in [-0.05, 0) is 29.7 Å². The molecule has 0 spiro atoms. The van der Waals surface area contributed by atoms with Crippen LogP contribution in [0.15, 0.2) is 36.4 Å². The molecule has 0 saturated carbocycles. The Labute approximate surface area is 182 Å². The van der Waals surface area contributed by atoms with E-state index < -0.39 is 5.97 Å². The predicted molar refractivity (Wildman–Crippen MR) is 124 cm³/mol. The van der Waals surface area contributed by atoms with Crippen LogP contribution in [0.4, 0.5) is 0 Å². The molecule has 0 fully saturated rings. The van der Waals surface area contributed by atoms with Gasteiger partial charge in [0.05, 0.1) is 6.61 Å². The van der Waals surface area contributed by atoms with Gasteiger partial charge in [-0.3, -0.25) is 0 Å². The summed E-state index contributed by atoms with van der Waals surface area (Å²) in [5.74, 6) is -1.30. The summed E-state index contributed by atoms with van der Waals surface area (Å²) < 4.78 is 5.24. The Morgan fingerprint density at radius 3 is 1.63 bits per heavy atom. The topological polar surface area (TPSA) is 63.6 Å². The number of aliphatic carboxylic acids is 1. The monoisotopic (exact) mass is 414 g/mol. The molecular formula is C26H38O4. The van der Waals surface area contributed by atoms with Gasteiger partial charge in [0.15, 0.2) is 0 Å². The maximum Gasteiger partial charge on any atom is 0.330 e. The molecule has 0 aliphatic rings. The van der Waals surface area contributed by atoms with Crippen molar-refractivity contribution in [1.82, 2.24) is 0 Å². The molecule has 0 aliphatic carbocycles. The summed E-state index contributed by atoms with van der Waals surface area (Å²) in [6.45, 7) is 2.73. The minimum atomic E-state index is -0.977. The molecule has 0 atom stereocenters. The Bertz CT molecular complexity index is 644. The van der Waals surface area contributed by atoms with Crippen LogP contribution in [0.1, 0.15) is 95.1 Å². The number of ether oxygens (including phenoxy) is 1. The number of carbonyl (C=O) groups is 2. The molecule has 0 heterocycles. The van der Waals surface area contributed by atoms with Crippen LogP contribution in [0.5, 0.6) is 0 Å². The third-order valence-electron chi connectivity index (χ3n) is 5.01. The highest BCUT2D eigenvalue weighted by molar-refractivity contribution is 5.87. The molecule has 0 aromatic heterocycles. The third kappa shape index (κ3) is 14.6. The number of esters is 1. The standard InChI is InChI=1S/C26H38O4/c1-2-3-4-5-6-7-8-9-10-11-12-13-22-30-26(29)21-19-24-16-14-23(15-17-24)18-20-25(27)28/h14-21H,2-13,22H2,1H3,(H,27,28). The Hall–Kier alpha value is -2.36. The summed E-state index contributed by atoms with van der Waals surface area (Å²) in [6.07, 6.45) is 21.2. The number of carboxylic acids is 1. The zero-order valence-corrected chi connectivity index (χ0v) is 18.5. The number of hydrogen-bond donors (Lipinski definition) is 1. The molecule has 0 radical (unpaired) electrons. The van der Waals surface area contributed by atoms with Gasteiger partial charge in [0, 0.05) is 12.2 Å². The van der Waals surface area contributed by atoms with Gasteiger partial charge in [0.1, 0.15) is 0 Å². The van der Waals surface area contributed by atoms with Crippen LogP contribution >= 0.6 is 0 Å². The van der Waals surface area contributed by atoms with E-state index in [1.807, 2.05) is 12.1 Å². The van der Waals surface area contributed by atoms with E-state index >= 15 is 0 Å². The molecule has 0 amide bonds. The summed E-state index contributed by atoms with van der Waals surface area (Å²) in [7, 11) is 0. The molecule has 0 saturated heterocycles. The van der Waals surface area contributed by atoms with Crippen molar-refractivity contribution < 1.29 is 19.4 Å². The van der Waals surface area contributed by atoms with Crippen molar-refractivity contribution in [2.45, 2.75) is 84.0 Å². The summed E-state index contributed by atoms with van der Waals surface area (Å²) in [4.78, 5) is 22.3. The lowest BCUT2D eigenvalue weighted by Crippen LogP contribution is -2.02. The van der Waals surface area contributed by atoms with E-state index in [1.54, 1.807) is 18.2 Å². The minimum absolute atomic E-state index is 0.326. The zero-order valence-electron chi connectivity index (χ0n) is 18.5. The lowest BCUT2D eigenvalue weighted by atomic mass is 10.1. The van der Waals surface area contributed by atoms with Crippen molar-refractivity contribution in [3.8, 4) is 0 Å². The Kier molecular flexibility index (Phi) is 15.0. The quantitative estimate of drug-likeness (QED) is 0.169. The van der Waals surface area contributed by atoms with Gasteiger partial charge < -0.3 is 9.84 Å². The Morgan fingerprint density at radius 2 is 1.17 bits per heavy atom.